The van der Waals surface area contributed by atoms with E-state index in [1.54, 1.807) is 0 Å². The first-order chi connectivity index (χ1) is 13.7. The van der Waals surface area contributed by atoms with E-state index in [-0.39, 0.29) is 5.91 Å². The van der Waals surface area contributed by atoms with Gasteiger partial charge in [-0.2, -0.15) is 0 Å². The minimum atomic E-state index is 0.0590. The number of fused-ring (bicyclic) bond motifs is 1. The van der Waals surface area contributed by atoms with Crippen LogP contribution < -0.4 is 5.32 Å². The van der Waals surface area contributed by atoms with Gasteiger partial charge in [-0.05, 0) is 29.8 Å². The van der Waals surface area contributed by atoms with Gasteiger partial charge in [0.2, 0.25) is 5.91 Å². The molecule has 2 aromatic heterocycles. The second-order valence-corrected chi connectivity index (χ2v) is 7.59. The van der Waals surface area contributed by atoms with Gasteiger partial charge in [0.1, 0.15) is 5.65 Å². The van der Waals surface area contributed by atoms with Crippen LogP contribution in [0.15, 0.2) is 54.9 Å². The van der Waals surface area contributed by atoms with E-state index in [9.17, 15) is 4.79 Å². The van der Waals surface area contributed by atoms with Gasteiger partial charge in [0, 0.05) is 56.7 Å². The van der Waals surface area contributed by atoms with Crippen LogP contribution in [0.2, 0.25) is 5.02 Å². The minimum Gasteiger partial charge on any atom is -0.351 e. The molecule has 7 heteroatoms. The van der Waals surface area contributed by atoms with E-state index in [4.69, 9.17) is 11.6 Å². The minimum absolute atomic E-state index is 0.0590. The van der Waals surface area contributed by atoms with Crippen molar-refractivity contribution in [2.75, 3.05) is 32.7 Å². The first-order valence-electron chi connectivity index (χ1n) is 9.54. The number of imidazole rings is 1. The lowest BCUT2D eigenvalue weighted by atomic mass is 10.2. The highest BCUT2D eigenvalue weighted by molar-refractivity contribution is 6.30. The maximum atomic E-state index is 12.2. The highest BCUT2D eigenvalue weighted by Crippen LogP contribution is 2.11. The van der Waals surface area contributed by atoms with Crippen LogP contribution in [0.1, 0.15) is 11.3 Å². The summed E-state index contributed by atoms with van der Waals surface area (Å²) in [5.74, 6) is 0.0590. The van der Waals surface area contributed by atoms with Gasteiger partial charge in [-0.1, -0.05) is 29.8 Å². The second kappa shape index (κ2) is 8.73. The normalized spacial score (nSPS) is 15.8. The van der Waals surface area contributed by atoms with E-state index in [1.165, 1.54) is 0 Å². The smallest absolute Gasteiger partial charge is 0.234 e. The fraction of sp³-hybridized carbons (Fsp3) is 0.333. The van der Waals surface area contributed by atoms with Gasteiger partial charge < -0.3 is 9.72 Å². The molecule has 0 spiro atoms. The number of nitrogens with one attached hydrogen (secondary N) is 1. The van der Waals surface area contributed by atoms with Gasteiger partial charge in [-0.15, -0.1) is 0 Å². The van der Waals surface area contributed by atoms with Gasteiger partial charge in [-0.3, -0.25) is 14.6 Å². The number of piperazine rings is 1. The zero-order chi connectivity index (χ0) is 19.3. The molecule has 0 unspecified atom stereocenters. The van der Waals surface area contributed by atoms with Crippen LogP contribution in [0.5, 0.6) is 0 Å². The van der Waals surface area contributed by atoms with E-state index < -0.39 is 0 Å². The van der Waals surface area contributed by atoms with Crippen molar-refractivity contribution >= 4 is 23.2 Å². The fourth-order valence-corrected chi connectivity index (χ4v) is 3.59. The molecule has 1 amide bonds. The number of carbonyl (C=O) groups excluding carboxylic acids is 1. The summed E-state index contributed by atoms with van der Waals surface area (Å²) in [5, 5.41) is 3.69. The lowest BCUT2D eigenvalue weighted by Gasteiger charge is -2.33. The molecule has 0 atom stereocenters. The van der Waals surface area contributed by atoms with Crippen LogP contribution >= 0.6 is 11.6 Å². The first kappa shape index (κ1) is 18.9. The molecule has 1 aromatic carbocycles. The molecule has 28 heavy (non-hydrogen) atoms. The number of pyridine rings is 1. The number of benzene rings is 1. The van der Waals surface area contributed by atoms with E-state index in [0.717, 1.165) is 49.6 Å². The maximum Gasteiger partial charge on any atom is 0.234 e. The Bertz CT molecular complexity index is 898. The molecule has 0 saturated carbocycles. The standard InChI is InChI=1S/C21H24ClN5O/c22-18-6-4-17(5-7-18)13-23-21(28)16-26-11-9-25(10-12-26)14-19-15-27-8-2-1-3-20(27)24-19/h1-8,15H,9-14,16H2,(H,23,28). The Kier molecular flexibility index (Phi) is 5.90. The summed E-state index contributed by atoms with van der Waals surface area (Å²) >= 11 is 5.88. The summed E-state index contributed by atoms with van der Waals surface area (Å²) in [6.45, 7) is 5.48. The molecule has 3 heterocycles. The zero-order valence-electron chi connectivity index (χ0n) is 15.7. The number of carbonyl (C=O) groups is 1. The number of amides is 1. The van der Waals surface area contributed by atoms with Crippen molar-refractivity contribution in [1.29, 1.82) is 0 Å². The Morgan fingerprint density at radius 1 is 1.04 bits per heavy atom. The predicted octanol–water partition coefficient (Wildman–Crippen LogP) is 2.42. The van der Waals surface area contributed by atoms with Crippen LogP contribution in [0.25, 0.3) is 5.65 Å². The number of rotatable bonds is 6. The molecule has 1 aliphatic heterocycles. The molecule has 1 fully saturated rings. The summed E-state index contributed by atoms with van der Waals surface area (Å²) in [6, 6.07) is 13.6. The Balaban J connectivity index is 1.20. The topological polar surface area (TPSA) is 52.9 Å². The Morgan fingerprint density at radius 2 is 1.79 bits per heavy atom. The van der Waals surface area contributed by atoms with Crippen molar-refractivity contribution < 1.29 is 4.79 Å². The van der Waals surface area contributed by atoms with E-state index in [0.29, 0.717) is 18.1 Å². The van der Waals surface area contributed by atoms with Gasteiger partial charge in [0.25, 0.3) is 0 Å². The molecule has 3 aromatic rings. The Morgan fingerprint density at radius 3 is 2.54 bits per heavy atom. The molecule has 1 saturated heterocycles. The molecule has 6 nitrogen and oxygen atoms in total. The number of aromatic nitrogens is 2. The summed E-state index contributed by atoms with van der Waals surface area (Å²) in [6.07, 6.45) is 4.11. The number of hydrogen-bond acceptors (Lipinski definition) is 4. The third kappa shape index (κ3) is 4.90. The first-order valence-corrected chi connectivity index (χ1v) is 9.92. The van der Waals surface area contributed by atoms with Crippen LogP contribution in [-0.4, -0.2) is 57.8 Å². The van der Waals surface area contributed by atoms with Gasteiger partial charge >= 0.3 is 0 Å². The summed E-state index contributed by atoms with van der Waals surface area (Å²) < 4.78 is 2.05. The molecule has 0 radical (unpaired) electrons. The molecular weight excluding hydrogens is 374 g/mol. The van der Waals surface area contributed by atoms with E-state index in [1.807, 2.05) is 48.7 Å². The maximum absolute atomic E-state index is 12.2. The van der Waals surface area contributed by atoms with Gasteiger partial charge in [-0.25, -0.2) is 4.98 Å². The van der Waals surface area contributed by atoms with Gasteiger partial charge in [0.15, 0.2) is 0 Å². The lowest BCUT2D eigenvalue weighted by Crippen LogP contribution is -2.49. The van der Waals surface area contributed by atoms with Crippen LogP contribution in [0, 0.1) is 0 Å². The third-order valence-electron chi connectivity index (χ3n) is 5.03. The molecule has 0 aliphatic carbocycles. The van der Waals surface area contributed by atoms with Crippen molar-refractivity contribution in [3.8, 4) is 0 Å². The highest BCUT2D eigenvalue weighted by Gasteiger charge is 2.19. The van der Waals surface area contributed by atoms with Crippen LogP contribution in [-0.2, 0) is 17.9 Å². The van der Waals surface area contributed by atoms with E-state index >= 15 is 0 Å². The average Bonchev–Trinajstić information content (AvgIpc) is 3.11. The number of nitrogens with zero attached hydrogens (tertiary/aromatic N) is 4. The second-order valence-electron chi connectivity index (χ2n) is 7.15. The zero-order valence-corrected chi connectivity index (χ0v) is 16.5. The molecule has 4 rings (SSSR count). The number of hydrogen-bond donors (Lipinski definition) is 1. The van der Waals surface area contributed by atoms with Crippen molar-refractivity contribution in [3.05, 3.63) is 71.1 Å². The highest BCUT2D eigenvalue weighted by atomic mass is 35.5. The van der Waals surface area contributed by atoms with Crippen LogP contribution in [0.3, 0.4) is 0 Å². The Hall–Kier alpha value is -2.41. The predicted molar refractivity (Wildman–Crippen MR) is 110 cm³/mol. The molecule has 1 aliphatic rings. The van der Waals surface area contributed by atoms with Crippen molar-refractivity contribution in [2.24, 2.45) is 0 Å². The summed E-state index contributed by atoms with van der Waals surface area (Å²) in [5.41, 5.74) is 3.11. The average molecular weight is 398 g/mol. The molecule has 1 N–H and O–H groups in total. The quantitative estimate of drug-likeness (QED) is 0.694. The van der Waals surface area contributed by atoms with Crippen molar-refractivity contribution in [1.82, 2.24) is 24.5 Å². The lowest BCUT2D eigenvalue weighted by molar-refractivity contribution is -0.122. The molecule has 146 valence electrons. The summed E-state index contributed by atoms with van der Waals surface area (Å²) in [7, 11) is 0. The van der Waals surface area contributed by atoms with E-state index in [2.05, 4.69) is 30.7 Å². The molecule has 0 bridgehead atoms. The largest absolute Gasteiger partial charge is 0.351 e. The number of halogens is 1. The monoisotopic (exact) mass is 397 g/mol. The SMILES string of the molecule is O=C(CN1CCN(Cc2cn3ccccc3n2)CC1)NCc1ccc(Cl)cc1. The van der Waals surface area contributed by atoms with Gasteiger partial charge in [0.05, 0.1) is 12.2 Å². The third-order valence-corrected chi connectivity index (χ3v) is 5.29. The Labute approximate surface area is 169 Å². The van der Waals surface area contributed by atoms with Crippen LogP contribution in [0.4, 0.5) is 0 Å². The van der Waals surface area contributed by atoms with Crippen molar-refractivity contribution in [2.45, 2.75) is 13.1 Å². The fourth-order valence-electron chi connectivity index (χ4n) is 3.46. The van der Waals surface area contributed by atoms with Crippen molar-refractivity contribution in [3.63, 3.8) is 0 Å². The molecular formula is C21H24ClN5O. The summed E-state index contributed by atoms with van der Waals surface area (Å²) in [4.78, 5) is 21.5.